The lowest BCUT2D eigenvalue weighted by atomic mass is 9.90. The van der Waals surface area contributed by atoms with Crippen molar-refractivity contribution in [3.63, 3.8) is 0 Å². The van der Waals surface area contributed by atoms with E-state index in [1.165, 1.54) is 5.56 Å². The van der Waals surface area contributed by atoms with Gasteiger partial charge in [-0.05, 0) is 37.8 Å². The van der Waals surface area contributed by atoms with Crippen LogP contribution in [0, 0.1) is 19.8 Å². The molecule has 104 valence electrons. The number of likely N-dealkylation sites (tertiary alicyclic amines) is 1. The molecule has 0 saturated carbocycles. The predicted molar refractivity (Wildman–Crippen MR) is 78.2 cm³/mol. The molecule has 1 fully saturated rings. The second-order valence-corrected chi connectivity index (χ2v) is 5.69. The Balaban J connectivity index is 2.15. The summed E-state index contributed by atoms with van der Waals surface area (Å²) in [5, 5.41) is 0. The molecule has 1 heterocycles. The second-order valence-electron chi connectivity index (χ2n) is 5.69. The normalized spacial score (nSPS) is 23.5. The second kappa shape index (κ2) is 5.74. The first-order valence-electron chi connectivity index (χ1n) is 7.15. The van der Waals surface area contributed by atoms with Crippen molar-refractivity contribution in [3.05, 3.63) is 34.9 Å². The number of amides is 1. The van der Waals surface area contributed by atoms with Crippen molar-refractivity contribution in [1.29, 1.82) is 0 Å². The van der Waals surface area contributed by atoms with Crippen LogP contribution >= 0.6 is 0 Å². The maximum Gasteiger partial charge on any atom is 0.254 e. The lowest BCUT2D eigenvalue weighted by Crippen LogP contribution is -2.49. The summed E-state index contributed by atoms with van der Waals surface area (Å²) in [5.74, 6) is 0.589. The number of hydrogen-bond donors (Lipinski definition) is 1. The van der Waals surface area contributed by atoms with Crippen LogP contribution in [0.25, 0.3) is 0 Å². The maximum atomic E-state index is 12.6. The topological polar surface area (TPSA) is 46.3 Å². The number of nitrogens with two attached hydrogens (primary N) is 1. The average Bonchev–Trinajstić information content (AvgIpc) is 2.38. The number of carbonyl (C=O) groups excluding carboxylic acids is 1. The van der Waals surface area contributed by atoms with Gasteiger partial charge in [0, 0.05) is 24.7 Å². The number of hydrogen-bond acceptors (Lipinski definition) is 2. The van der Waals surface area contributed by atoms with Gasteiger partial charge in [-0.25, -0.2) is 0 Å². The molecule has 2 rings (SSSR count). The Kier molecular flexibility index (Phi) is 4.25. The Morgan fingerprint density at radius 1 is 1.42 bits per heavy atom. The summed E-state index contributed by atoms with van der Waals surface area (Å²) in [7, 11) is 0. The van der Waals surface area contributed by atoms with Crippen LogP contribution in [0.3, 0.4) is 0 Å². The first kappa shape index (κ1) is 14.1. The number of carbonyl (C=O) groups is 1. The predicted octanol–water partition coefficient (Wildman–Crippen LogP) is 2.50. The third-order valence-corrected chi connectivity index (χ3v) is 4.22. The molecule has 1 aromatic rings. The van der Waals surface area contributed by atoms with Gasteiger partial charge < -0.3 is 10.6 Å². The summed E-state index contributed by atoms with van der Waals surface area (Å²) >= 11 is 0. The summed E-state index contributed by atoms with van der Waals surface area (Å²) in [6.07, 6.45) is 1.95. The van der Waals surface area contributed by atoms with Gasteiger partial charge in [-0.1, -0.05) is 31.0 Å². The molecule has 1 saturated heterocycles. The quantitative estimate of drug-likeness (QED) is 0.888. The number of benzene rings is 1. The molecule has 0 radical (unpaired) electrons. The van der Waals surface area contributed by atoms with Crippen molar-refractivity contribution in [2.24, 2.45) is 11.7 Å². The van der Waals surface area contributed by atoms with E-state index in [0.717, 1.165) is 37.1 Å². The number of piperidine rings is 1. The van der Waals surface area contributed by atoms with Crippen molar-refractivity contribution in [1.82, 2.24) is 4.90 Å². The van der Waals surface area contributed by atoms with E-state index in [-0.39, 0.29) is 11.9 Å². The first-order chi connectivity index (χ1) is 9.02. The molecule has 19 heavy (non-hydrogen) atoms. The summed E-state index contributed by atoms with van der Waals surface area (Å²) in [4.78, 5) is 14.6. The highest BCUT2D eigenvalue weighted by Crippen LogP contribution is 2.21. The molecule has 2 unspecified atom stereocenters. The highest BCUT2D eigenvalue weighted by atomic mass is 16.2. The fourth-order valence-corrected chi connectivity index (χ4v) is 2.89. The molecule has 1 aliphatic rings. The van der Waals surface area contributed by atoms with Crippen LogP contribution in [0.5, 0.6) is 0 Å². The standard InChI is InChI=1S/C16H24N2O/c1-4-13-10-18(8-7-15(13)17)16(19)14-6-5-11(2)9-12(14)3/h5-6,9,13,15H,4,7-8,10,17H2,1-3H3. The third kappa shape index (κ3) is 2.98. The number of aryl methyl sites for hydroxylation is 2. The van der Waals surface area contributed by atoms with E-state index in [1.54, 1.807) is 0 Å². The minimum absolute atomic E-state index is 0.155. The summed E-state index contributed by atoms with van der Waals surface area (Å²) in [6, 6.07) is 6.27. The molecule has 0 aromatic heterocycles. The van der Waals surface area contributed by atoms with Gasteiger partial charge in [0.2, 0.25) is 0 Å². The van der Waals surface area contributed by atoms with Gasteiger partial charge in [0.25, 0.3) is 5.91 Å². The van der Waals surface area contributed by atoms with Crippen LogP contribution in [0.2, 0.25) is 0 Å². The Morgan fingerprint density at radius 3 is 2.79 bits per heavy atom. The van der Waals surface area contributed by atoms with Crippen LogP contribution in [0.15, 0.2) is 18.2 Å². The van der Waals surface area contributed by atoms with E-state index in [0.29, 0.717) is 5.92 Å². The molecular weight excluding hydrogens is 236 g/mol. The molecule has 0 spiro atoms. The average molecular weight is 260 g/mol. The Morgan fingerprint density at radius 2 is 2.16 bits per heavy atom. The molecule has 1 aliphatic heterocycles. The van der Waals surface area contributed by atoms with Gasteiger partial charge >= 0.3 is 0 Å². The summed E-state index contributed by atoms with van der Waals surface area (Å²) in [6.45, 7) is 7.78. The summed E-state index contributed by atoms with van der Waals surface area (Å²) < 4.78 is 0. The summed E-state index contributed by atoms with van der Waals surface area (Å²) in [5.41, 5.74) is 9.19. The number of rotatable bonds is 2. The zero-order valence-electron chi connectivity index (χ0n) is 12.1. The fraction of sp³-hybridized carbons (Fsp3) is 0.562. The molecule has 0 aliphatic carbocycles. The van der Waals surface area contributed by atoms with Crippen LogP contribution in [-0.4, -0.2) is 29.9 Å². The lowest BCUT2D eigenvalue weighted by Gasteiger charge is -2.36. The van der Waals surface area contributed by atoms with Crippen LogP contribution in [0.1, 0.15) is 41.3 Å². The molecule has 3 nitrogen and oxygen atoms in total. The van der Waals surface area contributed by atoms with E-state index in [9.17, 15) is 4.79 Å². The molecule has 2 N–H and O–H groups in total. The highest BCUT2D eigenvalue weighted by Gasteiger charge is 2.28. The highest BCUT2D eigenvalue weighted by molar-refractivity contribution is 5.95. The van der Waals surface area contributed by atoms with E-state index in [4.69, 9.17) is 5.73 Å². The van der Waals surface area contributed by atoms with Crippen molar-refractivity contribution in [2.75, 3.05) is 13.1 Å². The molecule has 1 aromatic carbocycles. The van der Waals surface area contributed by atoms with Gasteiger partial charge in [0.15, 0.2) is 0 Å². The number of nitrogens with zero attached hydrogens (tertiary/aromatic N) is 1. The van der Waals surface area contributed by atoms with E-state index < -0.39 is 0 Å². The minimum Gasteiger partial charge on any atom is -0.338 e. The fourth-order valence-electron chi connectivity index (χ4n) is 2.89. The lowest BCUT2D eigenvalue weighted by molar-refractivity contribution is 0.0648. The Hall–Kier alpha value is -1.35. The van der Waals surface area contributed by atoms with Crippen molar-refractivity contribution < 1.29 is 4.79 Å². The van der Waals surface area contributed by atoms with Crippen LogP contribution in [0.4, 0.5) is 0 Å². The van der Waals surface area contributed by atoms with Crippen molar-refractivity contribution in [2.45, 2.75) is 39.7 Å². The molecule has 0 bridgehead atoms. The largest absolute Gasteiger partial charge is 0.338 e. The zero-order chi connectivity index (χ0) is 14.0. The molecule has 2 atom stereocenters. The van der Waals surface area contributed by atoms with Gasteiger partial charge in [0.05, 0.1) is 0 Å². The minimum atomic E-state index is 0.155. The maximum absolute atomic E-state index is 12.6. The molecule has 3 heteroatoms. The van der Waals surface area contributed by atoms with Gasteiger partial charge in [-0.15, -0.1) is 0 Å². The zero-order valence-corrected chi connectivity index (χ0v) is 12.1. The van der Waals surface area contributed by atoms with E-state index >= 15 is 0 Å². The van der Waals surface area contributed by atoms with E-state index in [2.05, 4.69) is 13.0 Å². The third-order valence-electron chi connectivity index (χ3n) is 4.22. The van der Waals surface area contributed by atoms with Gasteiger partial charge in [-0.3, -0.25) is 4.79 Å². The van der Waals surface area contributed by atoms with Crippen LogP contribution < -0.4 is 5.73 Å². The SMILES string of the molecule is CCC1CN(C(=O)c2ccc(C)cc2C)CCC1N. The molecule has 1 amide bonds. The monoisotopic (exact) mass is 260 g/mol. The Bertz CT molecular complexity index is 470. The van der Waals surface area contributed by atoms with Crippen molar-refractivity contribution in [3.8, 4) is 0 Å². The first-order valence-corrected chi connectivity index (χ1v) is 7.15. The van der Waals surface area contributed by atoms with Crippen molar-refractivity contribution >= 4 is 5.91 Å². The van der Waals surface area contributed by atoms with E-state index in [1.807, 2.05) is 30.9 Å². The van der Waals surface area contributed by atoms with Gasteiger partial charge in [-0.2, -0.15) is 0 Å². The smallest absolute Gasteiger partial charge is 0.254 e. The van der Waals surface area contributed by atoms with Gasteiger partial charge in [0.1, 0.15) is 0 Å². The Labute approximate surface area is 115 Å². The van der Waals surface area contributed by atoms with Crippen LogP contribution in [-0.2, 0) is 0 Å². The molecular formula is C16H24N2O.